The Morgan fingerprint density at radius 2 is 2.00 bits per heavy atom. The van der Waals surface area contributed by atoms with Gasteiger partial charge in [0.05, 0.1) is 25.2 Å². The van der Waals surface area contributed by atoms with Crippen molar-refractivity contribution in [3.63, 3.8) is 0 Å². The van der Waals surface area contributed by atoms with Gasteiger partial charge in [-0.2, -0.15) is 0 Å². The van der Waals surface area contributed by atoms with Crippen LogP contribution >= 0.6 is 0 Å². The average Bonchev–Trinajstić information content (AvgIpc) is 2.41. The van der Waals surface area contributed by atoms with Crippen molar-refractivity contribution in [2.45, 2.75) is 39.2 Å². The van der Waals surface area contributed by atoms with E-state index < -0.39 is 5.54 Å². The van der Waals surface area contributed by atoms with Crippen molar-refractivity contribution in [2.24, 2.45) is 0 Å². The summed E-state index contributed by atoms with van der Waals surface area (Å²) in [6.07, 6.45) is 0.970. The molecule has 0 spiro atoms. The van der Waals surface area contributed by atoms with E-state index in [-0.39, 0.29) is 18.9 Å². The highest BCUT2D eigenvalue weighted by Gasteiger charge is 2.22. The number of carbonyl (C=O) groups is 1. The number of nitrogens with one attached hydrogen (secondary N) is 1. The van der Waals surface area contributed by atoms with E-state index in [1.54, 1.807) is 0 Å². The van der Waals surface area contributed by atoms with E-state index in [1.807, 2.05) is 45.0 Å². The number of benzene rings is 1. The summed E-state index contributed by atoms with van der Waals surface area (Å²) in [5.74, 6) is 0.657. The lowest BCUT2D eigenvalue weighted by molar-refractivity contribution is -0.123. The fraction of sp³-hybridized carbons (Fsp3) is 0.533. The standard InChI is InChI=1S/C15H23NO3/c1-4-15(3,11-17)16-14(18)9-10-19-13-7-5-12(2)6-8-13/h5-8,17H,4,9-11H2,1-3H3,(H,16,18). The quantitative estimate of drug-likeness (QED) is 0.793. The minimum Gasteiger partial charge on any atom is -0.493 e. The molecule has 0 aliphatic rings. The highest BCUT2D eigenvalue weighted by atomic mass is 16.5. The van der Waals surface area contributed by atoms with E-state index in [1.165, 1.54) is 5.56 Å². The molecule has 1 aromatic carbocycles. The Kier molecular flexibility index (Phi) is 5.83. The van der Waals surface area contributed by atoms with Crippen molar-refractivity contribution in [3.8, 4) is 5.75 Å². The number of carbonyl (C=O) groups excluding carboxylic acids is 1. The zero-order valence-electron chi connectivity index (χ0n) is 11.9. The van der Waals surface area contributed by atoms with E-state index >= 15 is 0 Å². The van der Waals surface area contributed by atoms with Gasteiger partial charge >= 0.3 is 0 Å². The Hall–Kier alpha value is -1.55. The SMILES string of the molecule is CCC(C)(CO)NC(=O)CCOc1ccc(C)cc1. The van der Waals surface area contributed by atoms with Crippen LogP contribution in [-0.2, 0) is 4.79 Å². The Morgan fingerprint density at radius 3 is 2.53 bits per heavy atom. The molecule has 0 saturated heterocycles. The second-order valence-corrected chi connectivity index (χ2v) is 5.03. The molecule has 4 nitrogen and oxygen atoms in total. The van der Waals surface area contributed by atoms with Gasteiger partial charge in [-0.1, -0.05) is 24.6 Å². The maximum Gasteiger partial charge on any atom is 0.223 e. The van der Waals surface area contributed by atoms with Gasteiger partial charge in [-0.05, 0) is 32.4 Å². The third-order valence-electron chi connectivity index (χ3n) is 3.19. The lowest BCUT2D eigenvalue weighted by atomic mass is 10.0. The third-order valence-corrected chi connectivity index (χ3v) is 3.19. The van der Waals surface area contributed by atoms with Crippen LogP contribution in [0.25, 0.3) is 0 Å². The smallest absolute Gasteiger partial charge is 0.223 e. The molecule has 106 valence electrons. The molecular formula is C15H23NO3. The van der Waals surface area contributed by atoms with Crippen LogP contribution in [0.15, 0.2) is 24.3 Å². The van der Waals surface area contributed by atoms with E-state index in [9.17, 15) is 9.90 Å². The second kappa shape index (κ2) is 7.14. The molecule has 2 N–H and O–H groups in total. The molecule has 1 aromatic rings. The Balaban J connectivity index is 2.33. The zero-order chi connectivity index (χ0) is 14.3. The summed E-state index contributed by atoms with van der Waals surface area (Å²) in [4.78, 5) is 11.7. The molecule has 0 heterocycles. The summed E-state index contributed by atoms with van der Waals surface area (Å²) < 4.78 is 5.49. The molecule has 1 rings (SSSR count). The molecule has 1 amide bonds. The third kappa shape index (κ3) is 5.30. The van der Waals surface area contributed by atoms with E-state index in [4.69, 9.17) is 4.74 Å². The first-order valence-corrected chi connectivity index (χ1v) is 6.60. The van der Waals surface area contributed by atoms with Crippen molar-refractivity contribution in [2.75, 3.05) is 13.2 Å². The average molecular weight is 265 g/mol. The van der Waals surface area contributed by atoms with Gasteiger partial charge in [0.15, 0.2) is 0 Å². The Bertz CT molecular complexity index is 396. The van der Waals surface area contributed by atoms with E-state index in [0.717, 1.165) is 5.75 Å². The van der Waals surface area contributed by atoms with E-state index in [2.05, 4.69) is 5.32 Å². The minimum atomic E-state index is -0.541. The molecular weight excluding hydrogens is 242 g/mol. The van der Waals surface area contributed by atoms with Crippen molar-refractivity contribution in [3.05, 3.63) is 29.8 Å². The molecule has 0 fully saturated rings. The number of rotatable bonds is 7. The van der Waals surface area contributed by atoms with Gasteiger partial charge < -0.3 is 15.2 Å². The number of hydrogen-bond donors (Lipinski definition) is 2. The zero-order valence-corrected chi connectivity index (χ0v) is 11.9. The molecule has 0 bridgehead atoms. The summed E-state index contributed by atoms with van der Waals surface area (Å²) in [7, 11) is 0. The van der Waals surface area contributed by atoms with Crippen LogP contribution in [0, 0.1) is 6.92 Å². The van der Waals surface area contributed by atoms with Gasteiger partial charge in [-0.3, -0.25) is 4.79 Å². The van der Waals surface area contributed by atoms with Crippen LogP contribution in [0.5, 0.6) is 5.75 Å². The van der Waals surface area contributed by atoms with Crippen molar-refractivity contribution in [1.82, 2.24) is 5.32 Å². The molecule has 0 saturated carbocycles. The Morgan fingerprint density at radius 1 is 1.37 bits per heavy atom. The van der Waals surface area contributed by atoms with E-state index in [0.29, 0.717) is 13.0 Å². The van der Waals surface area contributed by atoms with Gasteiger partial charge in [0.25, 0.3) is 0 Å². The first-order chi connectivity index (χ1) is 8.99. The van der Waals surface area contributed by atoms with Crippen LogP contribution < -0.4 is 10.1 Å². The maximum absolute atomic E-state index is 11.7. The fourth-order valence-electron chi connectivity index (χ4n) is 1.53. The largest absolute Gasteiger partial charge is 0.493 e. The van der Waals surface area contributed by atoms with Gasteiger partial charge in [0.2, 0.25) is 5.91 Å². The fourth-order valence-corrected chi connectivity index (χ4v) is 1.53. The summed E-state index contributed by atoms with van der Waals surface area (Å²) >= 11 is 0. The highest BCUT2D eigenvalue weighted by molar-refractivity contribution is 5.76. The predicted molar refractivity (Wildman–Crippen MR) is 75.2 cm³/mol. The summed E-state index contributed by atoms with van der Waals surface area (Å²) in [5, 5.41) is 12.0. The first-order valence-electron chi connectivity index (χ1n) is 6.60. The minimum absolute atomic E-state index is 0.0614. The number of aliphatic hydroxyl groups is 1. The Labute approximate surface area is 114 Å². The lowest BCUT2D eigenvalue weighted by Gasteiger charge is -2.27. The maximum atomic E-state index is 11.7. The molecule has 19 heavy (non-hydrogen) atoms. The van der Waals surface area contributed by atoms with Crippen molar-refractivity contribution in [1.29, 1.82) is 0 Å². The van der Waals surface area contributed by atoms with Crippen LogP contribution in [-0.4, -0.2) is 29.8 Å². The van der Waals surface area contributed by atoms with Gasteiger partial charge in [-0.25, -0.2) is 0 Å². The van der Waals surface area contributed by atoms with Crippen molar-refractivity contribution >= 4 is 5.91 Å². The number of aryl methyl sites for hydroxylation is 1. The summed E-state index contributed by atoms with van der Waals surface area (Å²) in [5.41, 5.74) is 0.632. The molecule has 0 aliphatic heterocycles. The molecule has 0 aromatic heterocycles. The molecule has 4 heteroatoms. The first kappa shape index (κ1) is 15.5. The number of aliphatic hydroxyl groups excluding tert-OH is 1. The van der Waals surface area contributed by atoms with Crippen LogP contribution in [0.2, 0.25) is 0 Å². The molecule has 0 radical (unpaired) electrons. The second-order valence-electron chi connectivity index (χ2n) is 5.03. The number of amides is 1. The lowest BCUT2D eigenvalue weighted by Crippen LogP contribution is -2.48. The summed E-state index contributed by atoms with van der Waals surface area (Å²) in [6, 6.07) is 7.71. The van der Waals surface area contributed by atoms with Gasteiger partial charge in [0.1, 0.15) is 5.75 Å². The topological polar surface area (TPSA) is 58.6 Å². The monoisotopic (exact) mass is 265 g/mol. The normalized spacial score (nSPS) is 13.7. The van der Waals surface area contributed by atoms with Gasteiger partial charge in [0, 0.05) is 0 Å². The number of hydrogen-bond acceptors (Lipinski definition) is 3. The van der Waals surface area contributed by atoms with Crippen molar-refractivity contribution < 1.29 is 14.6 Å². The van der Waals surface area contributed by atoms with Crippen LogP contribution in [0.1, 0.15) is 32.3 Å². The molecule has 1 unspecified atom stereocenters. The predicted octanol–water partition coefficient (Wildman–Crippen LogP) is 2.04. The summed E-state index contributed by atoms with van der Waals surface area (Å²) in [6.45, 7) is 6.04. The van der Waals surface area contributed by atoms with Crippen LogP contribution in [0.3, 0.4) is 0 Å². The van der Waals surface area contributed by atoms with Crippen LogP contribution in [0.4, 0.5) is 0 Å². The highest BCUT2D eigenvalue weighted by Crippen LogP contribution is 2.12. The van der Waals surface area contributed by atoms with Gasteiger partial charge in [-0.15, -0.1) is 0 Å². The molecule has 1 atom stereocenters. The molecule has 0 aliphatic carbocycles. The number of ether oxygens (including phenoxy) is 1.